The van der Waals surface area contributed by atoms with Gasteiger partial charge in [0.25, 0.3) is 0 Å². The van der Waals surface area contributed by atoms with Crippen LogP contribution < -0.4 is 0 Å². The van der Waals surface area contributed by atoms with Crippen LogP contribution in [0.2, 0.25) is 0 Å². The summed E-state index contributed by atoms with van der Waals surface area (Å²) < 4.78 is 24.7. The van der Waals surface area contributed by atoms with Gasteiger partial charge in [-0.05, 0) is 6.92 Å². The lowest BCUT2D eigenvalue weighted by Gasteiger charge is -2.15. The van der Waals surface area contributed by atoms with E-state index >= 15 is 0 Å². The Balaban J connectivity index is 3.38. The Morgan fingerprint density at radius 1 is 1.35 bits per heavy atom. The second kappa shape index (κ2) is 11.4. The summed E-state index contributed by atoms with van der Waals surface area (Å²) >= 11 is 0. The summed E-state index contributed by atoms with van der Waals surface area (Å²) in [5.41, 5.74) is 0. The summed E-state index contributed by atoms with van der Waals surface area (Å²) in [6.45, 7) is 6.62. The first-order valence-electron chi connectivity index (χ1n) is 5.37. The molecular formula is C11H20O6. The number of ether oxygens (including phenoxy) is 5. The lowest BCUT2D eigenvalue weighted by Crippen LogP contribution is -2.23. The zero-order valence-corrected chi connectivity index (χ0v) is 10.3. The van der Waals surface area contributed by atoms with Gasteiger partial charge in [-0.25, -0.2) is 4.79 Å². The van der Waals surface area contributed by atoms with Gasteiger partial charge in [-0.1, -0.05) is 12.7 Å². The lowest BCUT2D eigenvalue weighted by atomic mass is 10.6. The first kappa shape index (κ1) is 15.9. The molecule has 0 rings (SSSR count). The average molecular weight is 248 g/mol. The maximum atomic E-state index is 10.9. The minimum atomic E-state index is -0.735. The van der Waals surface area contributed by atoms with Crippen LogP contribution >= 0.6 is 0 Å². The van der Waals surface area contributed by atoms with Crippen molar-refractivity contribution in [2.24, 2.45) is 0 Å². The molecule has 6 heteroatoms. The molecule has 0 N–H and O–H groups in total. The third-order valence-electron chi connectivity index (χ3n) is 1.64. The molecule has 0 aliphatic heterocycles. The highest BCUT2D eigenvalue weighted by atomic mass is 16.7. The Kier molecular flexibility index (Phi) is 10.6. The van der Waals surface area contributed by atoms with Gasteiger partial charge in [0, 0.05) is 13.7 Å². The summed E-state index contributed by atoms with van der Waals surface area (Å²) in [4.78, 5) is 10.9. The fourth-order valence-corrected chi connectivity index (χ4v) is 0.902. The second-order valence-electron chi connectivity index (χ2n) is 2.89. The van der Waals surface area contributed by atoms with Crippen LogP contribution in [0, 0.1) is 0 Å². The third-order valence-corrected chi connectivity index (χ3v) is 1.64. The second-order valence-corrected chi connectivity index (χ2v) is 2.89. The van der Waals surface area contributed by atoms with Gasteiger partial charge in [-0.3, -0.25) is 0 Å². The van der Waals surface area contributed by atoms with E-state index in [1.807, 2.05) is 6.92 Å². The lowest BCUT2D eigenvalue weighted by molar-refractivity contribution is -0.156. The highest BCUT2D eigenvalue weighted by Crippen LogP contribution is 1.94. The summed E-state index contributed by atoms with van der Waals surface area (Å²) in [6.07, 6.45) is 0.331. The normalized spacial score (nSPS) is 11.9. The minimum absolute atomic E-state index is 0.124. The molecule has 0 aliphatic carbocycles. The van der Waals surface area contributed by atoms with Crippen molar-refractivity contribution >= 4 is 6.16 Å². The molecule has 17 heavy (non-hydrogen) atoms. The van der Waals surface area contributed by atoms with Crippen molar-refractivity contribution in [3.8, 4) is 0 Å². The van der Waals surface area contributed by atoms with Crippen molar-refractivity contribution < 1.29 is 28.5 Å². The van der Waals surface area contributed by atoms with Gasteiger partial charge in [-0.15, -0.1) is 0 Å². The van der Waals surface area contributed by atoms with Gasteiger partial charge in [-0.2, -0.15) is 0 Å². The van der Waals surface area contributed by atoms with Gasteiger partial charge >= 0.3 is 6.16 Å². The molecule has 0 aromatic heterocycles. The molecule has 0 radical (unpaired) electrons. The summed E-state index contributed by atoms with van der Waals surface area (Å²) in [7, 11) is 1.53. The summed E-state index contributed by atoms with van der Waals surface area (Å²) in [5, 5.41) is 0. The predicted molar refractivity (Wildman–Crippen MR) is 60.7 cm³/mol. The van der Waals surface area contributed by atoms with Crippen LogP contribution in [0.1, 0.15) is 6.92 Å². The van der Waals surface area contributed by atoms with E-state index in [0.29, 0.717) is 6.61 Å². The highest BCUT2D eigenvalue weighted by Gasteiger charge is 2.06. The monoisotopic (exact) mass is 248 g/mol. The van der Waals surface area contributed by atoms with Gasteiger partial charge in [0.15, 0.2) is 6.29 Å². The topological polar surface area (TPSA) is 63.2 Å². The van der Waals surface area contributed by atoms with Crippen LogP contribution in [0.25, 0.3) is 0 Å². The quantitative estimate of drug-likeness (QED) is 0.252. The van der Waals surface area contributed by atoms with E-state index in [-0.39, 0.29) is 26.4 Å². The van der Waals surface area contributed by atoms with E-state index in [4.69, 9.17) is 18.9 Å². The smallest absolute Gasteiger partial charge is 0.432 e. The maximum Gasteiger partial charge on any atom is 0.508 e. The van der Waals surface area contributed by atoms with Gasteiger partial charge < -0.3 is 23.7 Å². The molecule has 0 aromatic carbocycles. The number of carbonyl (C=O) groups is 1. The average Bonchev–Trinajstić information content (AvgIpc) is 2.34. The predicted octanol–water partition coefficient (Wildman–Crippen LogP) is 1.35. The van der Waals surface area contributed by atoms with Crippen molar-refractivity contribution in [1.29, 1.82) is 0 Å². The van der Waals surface area contributed by atoms with E-state index in [0.717, 1.165) is 0 Å². The molecule has 1 unspecified atom stereocenters. The van der Waals surface area contributed by atoms with Gasteiger partial charge in [0.05, 0.1) is 13.2 Å². The molecule has 1 atom stereocenters. The number of rotatable bonds is 10. The molecule has 0 spiro atoms. The fourth-order valence-electron chi connectivity index (χ4n) is 0.902. The maximum absolute atomic E-state index is 10.9. The third kappa shape index (κ3) is 9.80. The molecule has 0 bridgehead atoms. The number of carbonyl (C=O) groups excluding carboxylic acids is 1. The molecule has 6 nitrogen and oxygen atoms in total. The van der Waals surface area contributed by atoms with Gasteiger partial charge in [0.2, 0.25) is 0 Å². The minimum Gasteiger partial charge on any atom is -0.432 e. The molecule has 100 valence electrons. The van der Waals surface area contributed by atoms with Crippen molar-refractivity contribution in [3.05, 3.63) is 12.7 Å². The van der Waals surface area contributed by atoms with Crippen LogP contribution in [0.3, 0.4) is 0 Å². The van der Waals surface area contributed by atoms with Crippen LogP contribution in [-0.2, 0) is 23.7 Å². The number of methoxy groups -OCH3 is 1. The molecule has 0 heterocycles. The fraction of sp³-hybridized carbons (Fsp3) is 0.727. The van der Waals surface area contributed by atoms with E-state index in [1.165, 1.54) is 13.2 Å². The Hall–Kier alpha value is -1.11. The zero-order chi connectivity index (χ0) is 12.9. The standard InChI is InChI=1S/C11H20O6/c1-4-6-16-11(12)17-8-7-14-9-10(13-3)15-5-2/h4,10H,1,5-9H2,2-3H3. The molecule has 0 aromatic rings. The SMILES string of the molecule is C=CCOC(=O)OCCOCC(OC)OCC. The Morgan fingerprint density at radius 3 is 2.71 bits per heavy atom. The summed E-state index contributed by atoms with van der Waals surface area (Å²) in [5.74, 6) is 0. The summed E-state index contributed by atoms with van der Waals surface area (Å²) in [6, 6.07) is 0. The van der Waals surface area contributed by atoms with Crippen molar-refractivity contribution in [1.82, 2.24) is 0 Å². The van der Waals surface area contributed by atoms with E-state index in [1.54, 1.807) is 0 Å². The van der Waals surface area contributed by atoms with E-state index in [9.17, 15) is 4.79 Å². The van der Waals surface area contributed by atoms with Crippen molar-refractivity contribution in [3.63, 3.8) is 0 Å². The van der Waals surface area contributed by atoms with Crippen LogP contribution in [-0.4, -0.2) is 52.6 Å². The Morgan fingerprint density at radius 2 is 2.12 bits per heavy atom. The van der Waals surface area contributed by atoms with Crippen molar-refractivity contribution in [2.75, 3.05) is 40.1 Å². The largest absolute Gasteiger partial charge is 0.508 e. The highest BCUT2D eigenvalue weighted by molar-refractivity contribution is 5.59. The van der Waals surface area contributed by atoms with Crippen LogP contribution in [0.4, 0.5) is 4.79 Å². The Bertz CT molecular complexity index is 206. The zero-order valence-electron chi connectivity index (χ0n) is 10.3. The first-order chi connectivity index (χ1) is 8.24. The van der Waals surface area contributed by atoms with Crippen LogP contribution in [0.5, 0.6) is 0 Å². The van der Waals surface area contributed by atoms with E-state index in [2.05, 4.69) is 11.3 Å². The van der Waals surface area contributed by atoms with Crippen molar-refractivity contribution in [2.45, 2.75) is 13.2 Å². The molecule has 0 saturated carbocycles. The Labute approximate surface area is 101 Å². The number of hydrogen-bond donors (Lipinski definition) is 0. The number of hydrogen-bond acceptors (Lipinski definition) is 6. The molecule has 0 amide bonds. The van der Waals surface area contributed by atoms with Crippen LogP contribution in [0.15, 0.2) is 12.7 Å². The molecule has 0 aliphatic rings. The molecule has 0 fully saturated rings. The van der Waals surface area contributed by atoms with Gasteiger partial charge in [0.1, 0.15) is 13.2 Å². The first-order valence-corrected chi connectivity index (χ1v) is 5.37. The molecule has 0 saturated heterocycles. The molecular weight excluding hydrogens is 228 g/mol. The van der Waals surface area contributed by atoms with E-state index < -0.39 is 12.4 Å².